The number of anilines is 1. The number of rotatable bonds is 7. The van der Waals surface area contributed by atoms with Crippen LogP contribution < -0.4 is 4.90 Å². The third-order valence-electron chi connectivity index (χ3n) is 6.46. The van der Waals surface area contributed by atoms with Gasteiger partial charge in [0.15, 0.2) is 0 Å². The molecule has 3 aromatic rings. The molecule has 2 heterocycles. The van der Waals surface area contributed by atoms with E-state index in [-0.39, 0.29) is 11.7 Å². The van der Waals surface area contributed by atoms with Crippen LogP contribution in [0.4, 0.5) is 10.2 Å². The number of nitrogens with zero attached hydrogens (tertiary/aromatic N) is 4. The lowest BCUT2D eigenvalue weighted by Gasteiger charge is -2.36. The number of amides is 1. The van der Waals surface area contributed by atoms with Crippen molar-refractivity contribution in [3.05, 3.63) is 88.1 Å². The Morgan fingerprint density at radius 2 is 1.71 bits per heavy atom. The van der Waals surface area contributed by atoms with Crippen LogP contribution in [0.5, 0.6) is 0 Å². The number of benzene rings is 2. The number of aromatic nitrogens is 2. The van der Waals surface area contributed by atoms with Gasteiger partial charge in [0.2, 0.25) is 0 Å². The van der Waals surface area contributed by atoms with Crippen LogP contribution in [0, 0.1) is 19.7 Å². The quantitative estimate of drug-likeness (QED) is 0.491. The molecule has 0 radical (unpaired) electrons. The molecular formula is C28H33FN4O. The molecule has 0 bridgehead atoms. The lowest BCUT2D eigenvalue weighted by Crippen LogP contribution is -2.49. The summed E-state index contributed by atoms with van der Waals surface area (Å²) in [5, 5.41) is 0. The third-order valence-corrected chi connectivity index (χ3v) is 6.46. The van der Waals surface area contributed by atoms with Crippen LogP contribution in [0.25, 0.3) is 0 Å². The Kier molecular flexibility index (Phi) is 7.56. The average Bonchev–Trinajstić information content (AvgIpc) is 2.84. The second-order valence-electron chi connectivity index (χ2n) is 9.04. The fourth-order valence-corrected chi connectivity index (χ4v) is 4.54. The molecule has 1 aliphatic rings. The minimum Gasteiger partial charge on any atom is -0.353 e. The normalized spacial score (nSPS) is 13.9. The summed E-state index contributed by atoms with van der Waals surface area (Å²) in [6, 6.07) is 14.7. The zero-order valence-electron chi connectivity index (χ0n) is 20.4. The lowest BCUT2D eigenvalue weighted by atomic mass is 10.0. The maximum Gasteiger partial charge on any atom is 0.253 e. The second-order valence-corrected chi connectivity index (χ2v) is 9.04. The maximum atomic E-state index is 13.7. The molecule has 5 nitrogen and oxygen atoms in total. The highest BCUT2D eigenvalue weighted by Crippen LogP contribution is 2.26. The molecule has 0 unspecified atom stereocenters. The van der Waals surface area contributed by atoms with Gasteiger partial charge in [-0.3, -0.25) is 4.79 Å². The zero-order chi connectivity index (χ0) is 24.1. The first-order valence-electron chi connectivity index (χ1n) is 12.2. The van der Waals surface area contributed by atoms with Crippen molar-refractivity contribution in [2.45, 2.75) is 46.5 Å². The summed E-state index contributed by atoms with van der Waals surface area (Å²) in [5.41, 5.74) is 4.85. The molecule has 0 saturated carbocycles. The standard InChI is InChI=1S/C28H33FN4O/c1-4-5-7-22-10-12-24(13-11-22)28(34)33-16-14-32(15-17-33)27-26(20(2)30-21(3)31-27)19-23-8-6-9-25(29)18-23/h6,8-13,18H,4-5,7,14-17,19H2,1-3H3. The molecule has 34 heavy (non-hydrogen) atoms. The topological polar surface area (TPSA) is 49.3 Å². The molecule has 1 amide bonds. The molecule has 1 fully saturated rings. The third kappa shape index (κ3) is 5.61. The smallest absolute Gasteiger partial charge is 0.253 e. The first kappa shape index (κ1) is 23.9. The zero-order valence-corrected chi connectivity index (χ0v) is 20.4. The molecular weight excluding hydrogens is 427 g/mol. The molecule has 2 aromatic carbocycles. The largest absolute Gasteiger partial charge is 0.353 e. The molecule has 0 spiro atoms. The van der Waals surface area contributed by atoms with Gasteiger partial charge >= 0.3 is 0 Å². The summed E-state index contributed by atoms with van der Waals surface area (Å²) in [6.45, 7) is 8.74. The van der Waals surface area contributed by atoms with Gasteiger partial charge in [0.25, 0.3) is 5.91 Å². The van der Waals surface area contributed by atoms with Crippen LogP contribution in [-0.2, 0) is 12.8 Å². The van der Waals surface area contributed by atoms with E-state index >= 15 is 0 Å². The highest BCUT2D eigenvalue weighted by Gasteiger charge is 2.25. The molecule has 0 aliphatic carbocycles. The number of halogens is 1. The Balaban J connectivity index is 1.46. The van der Waals surface area contributed by atoms with E-state index in [9.17, 15) is 9.18 Å². The maximum absolute atomic E-state index is 13.7. The van der Waals surface area contributed by atoms with Gasteiger partial charge in [-0.25, -0.2) is 14.4 Å². The number of piperazine rings is 1. The highest BCUT2D eigenvalue weighted by atomic mass is 19.1. The molecule has 1 aliphatic heterocycles. The number of carbonyl (C=O) groups excluding carboxylic acids is 1. The minimum absolute atomic E-state index is 0.0803. The van der Waals surface area contributed by atoms with Crippen LogP contribution in [0.3, 0.4) is 0 Å². The number of hydrogen-bond acceptors (Lipinski definition) is 4. The van der Waals surface area contributed by atoms with Crippen LogP contribution >= 0.6 is 0 Å². The first-order chi connectivity index (χ1) is 16.4. The summed E-state index contributed by atoms with van der Waals surface area (Å²) in [5.74, 6) is 1.45. The predicted octanol–water partition coefficient (Wildman–Crippen LogP) is 5.13. The number of unbranched alkanes of at least 4 members (excludes halogenated alkanes) is 1. The van der Waals surface area contributed by atoms with Gasteiger partial charge in [0, 0.05) is 49.4 Å². The van der Waals surface area contributed by atoms with E-state index < -0.39 is 0 Å². The Morgan fingerprint density at radius 3 is 2.38 bits per heavy atom. The van der Waals surface area contributed by atoms with Crippen molar-refractivity contribution in [3.63, 3.8) is 0 Å². The van der Waals surface area contributed by atoms with Crippen molar-refractivity contribution in [1.29, 1.82) is 0 Å². The van der Waals surface area contributed by atoms with Gasteiger partial charge in [0.1, 0.15) is 17.5 Å². The molecule has 6 heteroatoms. The molecule has 178 valence electrons. The second kappa shape index (κ2) is 10.8. The van der Waals surface area contributed by atoms with Crippen LogP contribution in [0.1, 0.15) is 58.3 Å². The van der Waals surface area contributed by atoms with Crippen molar-refractivity contribution in [3.8, 4) is 0 Å². The summed E-state index contributed by atoms with van der Waals surface area (Å²) in [6.07, 6.45) is 3.96. The van der Waals surface area contributed by atoms with E-state index in [0.717, 1.165) is 40.4 Å². The molecule has 0 N–H and O–H groups in total. The highest BCUT2D eigenvalue weighted by molar-refractivity contribution is 5.94. The Labute approximate surface area is 201 Å². The Bertz CT molecular complexity index is 1140. The van der Waals surface area contributed by atoms with E-state index in [1.54, 1.807) is 12.1 Å². The summed E-state index contributed by atoms with van der Waals surface area (Å²) >= 11 is 0. The van der Waals surface area contributed by atoms with Gasteiger partial charge in [-0.2, -0.15) is 0 Å². The molecule has 1 aromatic heterocycles. The van der Waals surface area contributed by atoms with Crippen LogP contribution in [-0.4, -0.2) is 47.0 Å². The number of aryl methyl sites for hydroxylation is 3. The minimum atomic E-state index is -0.241. The van der Waals surface area contributed by atoms with Crippen molar-refractivity contribution < 1.29 is 9.18 Å². The molecule has 4 rings (SSSR count). The fourth-order valence-electron chi connectivity index (χ4n) is 4.54. The van der Waals surface area contributed by atoms with Gasteiger partial charge < -0.3 is 9.80 Å². The Hall–Kier alpha value is -3.28. The first-order valence-corrected chi connectivity index (χ1v) is 12.2. The van der Waals surface area contributed by atoms with E-state index in [4.69, 9.17) is 4.98 Å². The van der Waals surface area contributed by atoms with Gasteiger partial charge in [0.05, 0.1) is 0 Å². The van der Waals surface area contributed by atoms with Gasteiger partial charge in [-0.1, -0.05) is 37.6 Å². The number of hydrogen-bond donors (Lipinski definition) is 0. The summed E-state index contributed by atoms with van der Waals surface area (Å²) < 4.78 is 13.7. The SMILES string of the molecule is CCCCc1ccc(C(=O)N2CCN(c3nc(C)nc(C)c3Cc3cccc(F)c3)CC2)cc1. The monoisotopic (exact) mass is 460 g/mol. The van der Waals surface area contributed by atoms with Crippen LogP contribution in [0.15, 0.2) is 48.5 Å². The fraction of sp³-hybridized carbons (Fsp3) is 0.393. The van der Waals surface area contributed by atoms with E-state index in [1.165, 1.54) is 24.5 Å². The number of carbonyl (C=O) groups is 1. The Morgan fingerprint density at radius 1 is 0.971 bits per heavy atom. The molecule has 1 saturated heterocycles. The van der Waals surface area contributed by atoms with E-state index in [1.807, 2.05) is 36.9 Å². The van der Waals surface area contributed by atoms with Crippen LogP contribution in [0.2, 0.25) is 0 Å². The van der Waals surface area contributed by atoms with E-state index in [0.29, 0.717) is 32.6 Å². The predicted molar refractivity (Wildman–Crippen MR) is 134 cm³/mol. The summed E-state index contributed by atoms with van der Waals surface area (Å²) in [7, 11) is 0. The molecule has 0 atom stereocenters. The van der Waals surface area contributed by atoms with E-state index in [2.05, 4.69) is 28.9 Å². The average molecular weight is 461 g/mol. The van der Waals surface area contributed by atoms with Crippen molar-refractivity contribution >= 4 is 11.7 Å². The van der Waals surface area contributed by atoms with Gasteiger partial charge in [-0.15, -0.1) is 0 Å². The van der Waals surface area contributed by atoms with Crippen molar-refractivity contribution in [2.24, 2.45) is 0 Å². The van der Waals surface area contributed by atoms with Gasteiger partial charge in [-0.05, 0) is 62.1 Å². The summed E-state index contributed by atoms with van der Waals surface area (Å²) in [4.78, 5) is 26.5. The van der Waals surface area contributed by atoms with Crippen molar-refractivity contribution in [1.82, 2.24) is 14.9 Å². The lowest BCUT2D eigenvalue weighted by molar-refractivity contribution is 0.0746. The van der Waals surface area contributed by atoms with Crippen molar-refractivity contribution in [2.75, 3.05) is 31.1 Å².